The Kier molecular flexibility index (Phi) is 5.95. The summed E-state index contributed by atoms with van der Waals surface area (Å²) in [5, 5.41) is 8.93. The second-order valence-corrected chi connectivity index (χ2v) is 4.54. The summed E-state index contributed by atoms with van der Waals surface area (Å²) >= 11 is 0. The van der Waals surface area contributed by atoms with Crippen molar-refractivity contribution in [2.24, 2.45) is 0 Å². The molecule has 0 spiro atoms. The molecule has 18 heavy (non-hydrogen) atoms. The van der Waals surface area contributed by atoms with E-state index in [1.165, 1.54) is 18.2 Å². The lowest BCUT2D eigenvalue weighted by atomic mass is 10.1. The first kappa shape index (κ1) is 14.8. The normalized spacial score (nSPS) is 11.2. The maximum atomic E-state index is 13.0. The molecule has 0 fully saturated rings. The van der Waals surface area contributed by atoms with Crippen LogP contribution in [0.1, 0.15) is 30.6 Å². The van der Waals surface area contributed by atoms with Crippen LogP contribution in [0.5, 0.6) is 0 Å². The molecule has 0 aliphatic rings. The number of hydrogen-bond acceptors (Lipinski definition) is 3. The Bertz CT molecular complexity index is 393. The van der Waals surface area contributed by atoms with E-state index in [4.69, 9.17) is 5.11 Å². The summed E-state index contributed by atoms with van der Waals surface area (Å²) in [5.74, 6) is -0.463. The van der Waals surface area contributed by atoms with E-state index in [0.717, 1.165) is 0 Å². The molecule has 1 aromatic rings. The summed E-state index contributed by atoms with van der Waals surface area (Å²) in [6, 6.07) is 6.02. The lowest BCUT2D eigenvalue weighted by molar-refractivity contribution is 0.0943. The van der Waals surface area contributed by atoms with Gasteiger partial charge in [-0.3, -0.25) is 9.69 Å². The number of Topliss-reactive ketones (excluding diaryl/α,β-unsaturated/α-hetero) is 1. The van der Waals surface area contributed by atoms with Crippen molar-refractivity contribution in [3.8, 4) is 0 Å². The summed E-state index contributed by atoms with van der Waals surface area (Å²) in [5.41, 5.74) is 0.405. The van der Waals surface area contributed by atoms with Crippen molar-refractivity contribution in [1.29, 1.82) is 0 Å². The molecule has 0 aliphatic carbocycles. The molecule has 0 aliphatic heterocycles. The zero-order valence-electron chi connectivity index (χ0n) is 10.9. The van der Waals surface area contributed by atoms with Crippen molar-refractivity contribution in [3.05, 3.63) is 35.6 Å². The lowest BCUT2D eigenvalue weighted by Crippen LogP contribution is -2.35. The number of benzene rings is 1. The third kappa shape index (κ3) is 4.55. The Hall–Kier alpha value is -1.26. The zero-order chi connectivity index (χ0) is 13.5. The highest BCUT2D eigenvalue weighted by molar-refractivity contribution is 5.96. The number of hydrogen-bond donors (Lipinski definition) is 1. The van der Waals surface area contributed by atoms with Gasteiger partial charge in [-0.05, 0) is 26.0 Å². The van der Waals surface area contributed by atoms with Gasteiger partial charge in [0.2, 0.25) is 0 Å². The SMILES string of the molecule is CC(C)N(CCO)CCC(=O)c1cccc(F)c1. The van der Waals surface area contributed by atoms with E-state index in [-0.39, 0.29) is 18.4 Å². The van der Waals surface area contributed by atoms with Crippen LogP contribution < -0.4 is 0 Å². The summed E-state index contributed by atoms with van der Waals surface area (Å²) < 4.78 is 13.0. The maximum absolute atomic E-state index is 13.0. The third-order valence-electron chi connectivity index (χ3n) is 2.89. The van der Waals surface area contributed by atoms with E-state index >= 15 is 0 Å². The minimum Gasteiger partial charge on any atom is -0.395 e. The molecule has 0 heterocycles. The monoisotopic (exact) mass is 253 g/mol. The van der Waals surface area contributed by atoms with Crippen LogP contribution in [0.15, 0.2) is 24.3 Å². The Morgan fingerprint density at radius 1 is 1.39 bits per heavy atom. The summed E-state index contributed by atoms with van der Waals surface area (Å²) in [6.45, 7) is 5.23. The molecule has 1 aromatic carbocycles. The molecule has 1 N–H and O–H groups in total. The van der Waals surface area contributed by atoms with Crippen LogP contribution in [0.3, 0.4) is 0 Å². The number of halogens is 1. The Balaban J connectivity index is 2.54. The van der Waals surface area contributed by atoms with E-state index in [0.29, 0.717) is 25.1 Å². The number of carbonyl (C=O) groups is 1. The molecule has 0 bridgehead atoms. The Morgan fingerprint density at radius 2 is 2.11 bits per heavy atom. The Labute approximate surface area is 107 Å². The molecule has 0 unspecified atom stereocenters. The Morgan fingerprint density at radius 3 is 2.67 bits per heavy atom. The summed E-state index contributed by atoms with van der Waals surface area (Å²) in [4.78, 5) is 13.9. The van der Waals surface area contributed by atoms with E-state index in [1.54, 1.807) is 6.07 Å². The number of rotatable bonds is 7. The summed E-state index contributed by atoms with van der Waals surface area (Å²) in [6.07, 6.45) is 0.335. The maximum Gasteiger partial charge on any atom is 0.164 e. The van der Waals surface area contributed by atoms with Gasteiger partial charge in [0.05, 0.1) is 6.61 Å². The molecule has 0 atom stereocenters. The van der Waals surface area contributed by atoms with Gasteiger partial charge in [-0.2, -0.15) is 0 Å². The van der Waals surface area contributed by atoms with E-state index in [1.807, 2.05) is 18.7 Å². The zero-order valence-corrected chi connectivity index (χ0v) is 10.9. The average Bonchev–Trinajstić information content (AvgIpc) is 2.33. The smallest absolute Gasteiger partial charge is 0.164 e. The van der Waals surface area contributed by atoms with Crippen LogP contribution in [0, 0.1) is 5.82 Å². The predicted octanol–water partition coefficient (Wildman–Crippen LogP) is 2.10. The number of carbonyl (C=O) groups excluding carboxylic acids is 1. The first-order valence-corrected chi connectivity index (χ1v) is 6.18. The van der Waals surface area contributed by atoms with Gasteiger partial charge in [-0.1, -0.05) is 12.1 Å². The minimum atomic E-state index is -0.392. The van der Waals surface area contributed by atoms with E-state index in [2.05, 4.69) is 0 Å². The molecular formula is C14H20FNO2. The topological polar surface area (TPSA) is 40.5 Å². The number of nitrogens with zero attached hydrogens (tertiary/aromatic N) is 1. The number of aliphatic hydroxyl groups excluding tert-OH is 1. The molecule has 1 rings (SSSR count). The molecule has 0 saturated heterocycles. The standard InChI is InChI=1S/C14H20FNO2/c1-11(2)16(8-9-17)7-6-14(18)12-4-3-5-13(15)10-12/h3-5,10-11,17H,6-9H2,1-2H3. The van der Waals surface area contributed by atoms with Gasteiger partial charge in [-0.15, -0.1) is 0 Å². The third-order valence-corrected chi connectivity index (χ3v) is 2.89. The van der Waals surface area contributed by atoms with Crippen molar-refractivity contribution >= 4 is 5.78 Å². The first-order chi connectivity index (χ1) is 8.54. The van der Waals surface area contributed by atoms with Gasteiger partial charge in [-0.25, -0.2) is 4.39 Å². The van der Waals surface area contributed by atoms with Crippen molar-refractivity contribution in [3.63, 3.8) is 0 Å². The molecule has 100 valence electrons. The molecular weight excluding hydrogens is 233 g/mol. The fourth-order valence-electron chi connectivity index (χ4n) is 1.81. The molecule has 0 saturated carbocycles. The van der Waals surface area contributed by atoms with Crippen molar-refractivity contribution in [1.82, 2.24) is 4.90 Å². The van der Waals surface area contributed by atoms with Crippen molar-refractivity contribution in [2.75, 3.05) is 19.7 Å². The van der Waals surface area contributed by atoms with Crippen LogP contribution >= 0.6 is 0 Å². The van der Waals surface area contributed by atoms with Gasteiger partial charge in [0, 0.05) is 31.1 Å². The second kappa shape index (κ2) is 7.24. The van der Waals surface area contributed by atoms with Gasteiger partial charge in [0.1, 0.15) is 5.82 Å². The van der Waals surface area contributed by atoms with Gasteiger partial charge in [0.15, 0.2) is 5.78 Å². The fourth-order valence-corrected chi connectivity index (χ4v) is 1.81. The fraction of sp³-hybridized carbons (Fsp3) is 0.500. The highest BCUT2D eigenvalue weighted by atomic mass is 19.1. The highest BCUT2D eigenvalue weighted by Gasteiger charge is 2.12. The van der Waals surface area contributed by atoms with Crippen LogP contribution in [-0.4, -0.2) is 41.5 Å². The number of aliphatic hydroxyl groups is 1. The van der Waals surface area contributed by atoms with Crippen LogP contribution in [0.25, 0.3) is 0 Å². The molecule has 4 heteroatoms. The molecule has 0 radical (unpaired) electrons. The summed E-state index contributed by atoms with van der Waals surface area (Å²) in [7, 11) is 0. The van der Waals surface area contributed by atoms with Crippen LogP contribution in [0.2, 0.25) is 0 Å². The van der Waals surface area contributed by atoms with E-state index in [9.17, 15) is 9.18 Å². The second-order valence-electron chi connectivity index (χ2n) is 4.54. The van der Waals surface area contributed by atoms with Gasteiger partial charge in [0.25, 0.3) is 0 Å². The number of ketones is 1. The van der Waals surface area contributed by atoms with Crippen molar-refractivity contribution in [2.45, 2.75) is 26.3 Å². The first-order valence-electron chi connectivity index (χ1n) is 6.18. The molecule has 3 nitrogen and oxygen atoms in total. The van der Waals surface area contributed by atoms with E-state index < -0.39 is 5.82 Å². The van der Waals surface area contributed by atoms with Gasteiger partial charge >= 0.3 is 0 Å². The van der Waals surface area contributed by atoms with Crippen LogP contribution in [0.4, 0.5) is 4.39 Å². The quantitative estimate of drug-likeness (QED) is 0.757. The lowest BCUT2D eigenvalue weighted by Gasteiger charge is -2.25. The highest BCUT2D eigenvalue weighted by Crippen LogP contribution is 2.08. The average molecular weight is 253 g/mol. The van der Waals surface area contributed by atoms with Crippen molar-refractivity contribution < 1.29 is 14.3 Å². The minimum absolute atomic E-state index is 0.0712. The van der Waals surface area contributed by atoms with Crippen LogP contribution in [-0.2, 0) is 0 Å². The molecule has 0 aromatic heterocycles. The molecule has 0 amide bonds. The predicted molar refractivity (Wildman–Crippen MR) is 69.1 cm³/mol. The van der Waals surface area contributed by atoms with Gasteiger partial charge < -0.3 is 5.11 Å². The largest absolute Gasteiger partial charge is 0.395 e.